The van der Waals surface area contributed by atoms with Crippen LogP contribution in [0.15, 0.2) is 78.9 Å². The molecule has 0 saturated carbocycles. The molecule has 174 valence electrons. The lowest BCUT2D eigenvalue weighted by molar-refractivity contribution is -0.122. The number of carbonyl (C=O) groups excluding carboxylic acids is 2. The second-order valence-corrected chi connectivity index (χ2v) is 8.57. The number of hydrogen-bond donors (Lipinski definition) is 1. The van der Waals surface area contributed by atoms with Crippen LogP contribution < -0.4 is 15.0 Å². The van der Waals surface area contributed by atoms with Crippen LogP contribution in [0, 0.1) is 6.92 Å². The van der Waals surface area contributed by atoms with Gasteiger partial charge >= 0.3 is 0 Å². The Hall–Kier alpha value is -3.71. The van der Waals surface area contributed by atoms with E-state index in [1.54, 1.807) is 19.2 Å². The van der Waals surface area contributed by atoms with Crippen LogP contribution in [0.2, 0.25) is 0 Å². The summed E-state index contributed by atoms with van der Waals surface area (Å²) in [6.45, 7) is 2.45. The van der Waals surface area contributed by atoms with E-state index in [-0.39, 0.29) is 18.2 Å². The number of nitrogens with one attached hydrogen (secondary N) is 1. The van der Waals surface area contributed by atoms with Gasteiger partial charge in [-0.25, -0.2) is 4.90 Å². The van der Waals surface area contributed by atoms with Crippen LogP contribution in [0.4, 0.5) is 11.4 Å². The average molecular weight is 474 g/mol. The first-order chi connectivity index (χ1) is 16.5. The average Bonchev–Trinajstić information content (AvgIpc) is 3.14. The van der Waals surface area contributed by atoms with Gasteiger partial charge < -0.3 is 15.0 Å². The number of ether oxygens (including phenoxy) is 1. The highest BCUT2D eigenvalue weighted by Crippen LogP contribution is 2.28. The van der Waals surface area contributed by atoms with Crippen molar-refractivity contribution in [2.24, 2.45) is 0 Å². The van der Waals surface area contributed by atoms with Crippen LogP contribution in [-0.2, 0) is 16.0 Å². The van der Waals surface area contributed by atoms with Crippen molar-refractivity contribution in [3.8, 4) is 5.75 Å². The number of rotatable bonds is 7. The van der Waals surface area contributed by atoms with Gasteiger partial charge in [0.15, 0.2) is 5.11 Å². The molecule has 34 heavy (non-hydrogen) atoms. The molecule has 6 nitrogen and oxygen atoms in total. The SMILES string of the molecule is COc1ccccc1NC(=S)N(CCc1ccccc1)[C@@H]1CC(=O)N(c2ccc(C)cc2)C1=O. The molecular weight excluding hydrogens is 446 g/mol. The lowest BCUT2D eigenvalue weighted by Crippen LogP contribution is -2.48. The Morgan fingerprint density at radius 2 is 1.71 bits per heavy atom. The summed E-state index contributed by atoms with van der Waals surface area (Å²) in [5.41, 5.74) is 3.47. The number of amides is 2. The Kier molecular flexibility index (Phi) is 7.23. The number of carbonyl (C=O) groups is 2. The molecular formula is C27H27N3O3S. The van der Waals surface area contributed by atoms with Gasteiger partial charge in [-0.2, -0.15) is 0 Å². The Morgan fingerprint density at radius 1 is 1.03 bits per heavy atom. The smallest absolute Gasteiger partial charge is 0.257 e. The molecule has 1 aliphatic rings. The second kappa shape index (κ2) is 10.5. The Balaban J connectivity index is 1.60. The fourth-order valence-electron chi connectivity index (χ4n) is 4.05. The van der Waals surface area contributed by atoms with Gasteiger partial charge in [-0.3, -0.25) is 9.59 Å². The van der Waals surface area contributed by atoms with Gasteiger partial charge in [-0.15, -0.1) is 0 Å². The quantitative estimate of drug-likeness (QED) is 0.401. The summed E-state index contributed by atoms with van der Waals surface area (Å²) < 4.78 is 5.43. The van der Waals surface area contributed by atoms with Gasteiger partial charge in [-0.1, -0.05) is 60.2 Å². The van der Waals surface area contributed by atoms with Crippen molar-refractivity contribution in [3.63, 3.8) is 0 Å². The number of aryl methyl sites for hydroxylation is 1. The van der Waals surface area contributed by atoms with Gasteiger partial charge in [-0.05, 0) is 55.4 Å². The maximum atomic E-state index is 13.5. The fraction of sp³-hybridized carbons (Fsp3) is 0.222. The third kappa shape index (κ3) is 5.10. The summed E-state index contributed by atoms with van der Waals surface area (Å²) in [6, 6.07) is 24.1. The molecule has 3 aromatic rings. The zero-order valence-electron chi connectivity index (χ0n) is 19.2. The van der Waals surface area contributed by atoms with Gasteiger partial charge in [0.25, 0.3) is 5.91 Å². The van der Waals surface area contributed by atoms with Crippen molar-refractivity contribution < 1.29 is 14.3 Å². The summed E-state index contributed by atoms with van der Waals surface area (Å²) in [4.78, 5) is 29.5. The van der Waals surface area contributed by atoms with Crippen LogP contribution in [0.1, 0.15) is 17.5 Å². The highest BCUT2D eigenvalue weighted by molar-refractivity contribution is 7.80. The number of methoxy groups -OCH3 is 1. The first-order valence-electron chi connectivity index (χ1n) is 11.2. The minimum atomic E-state index is -0.688. The van der Waals surface area contributed by atoms with Crippen molar-refractivity contribution >= 4 is 40.5 Å². The van der Waals surface area contributed by atoms with Crippen molar-refractivity contribution in [1.29, 1.82) is 0 Å². The molecule has 0 aliphatic carbocycles. The number of thiocarbonyl (C=S) groups is 1. The van der Waals surface area contributed by atoms with E-state index >= 15 is 0 Å². The summed E-state index contributed by atoms with van der Waals surface area (Å²) >= 11 is 5.76. The molecule has 3 aromatic carbocycles. The molecule has 1 N–H and O–H groups in total. The van der Waals surface area contributed by atoms with E-state index < -0.39 is 6.04 Å². The van der Waals surface area contributed by atoms with Crippen molar-refractivity contribution in [3.05, 3.63) is 90.0 Å². The fourth-order valence-corrected chi connectivity index (χ4v) is 4.38. The number of benzene rings is 3. The first kappa shape index (κ1) is 23.4. The van der Waals surface area contributed by atoms with Crippen molar-refractivity contribution in [1.82, 2.24) is 4.90 Å². The number of para-hydroxylation sites is 2. The molecule has 1 fully saturated rings. The van der Waals surface area contributed by atoms with E-state index in [9.17, 15) is 9.59 Å². The maximum Gasteiger partial charge on any atom is 0.257 e. The lowest BCUT2D eigenvalue weighted by atomic mass is 10.1. The molecule has 2 amide bonds. The topological polar surface area (TPSA) is 61.9 Å². The molecule has 7 heteroatoms. The van der Waals surface area contributed by atoms with Crippen LogP contribution in [0.3, 0.4) is 0 Å². The van der Waals surface area contributed by atoms with Crippen LogP contribution in [0.5, 0.6) is 5.75 Å². The van der Waals surface area contributed by atoms with Gasteiger partial charge in [0.1, 0.15) is 11.8 Å². The van der Waals surface area contributed by atoms with E-state index in [0.29, 0.717) is 35.2 Å². The highest BCUT2D eigenvalue weighted by atomic mass is 32.1. The summed E-state index contributed by atoms with van der Waals surface area (Å²) in [5.74, 6) is 0.137. The summed E-state index contributed by atoms with van der Waals surface area (Å²) in [5, 5.41) is 3.60. The zero-order valence-corrected chi connectivity index (χ0v) is 20.0. The van der Waals surface area contributed by atoms with Crippen LogP contribution >= 0.6 is 12.2 Å². The van der Waals surface area contributed by atoms with E-state index in [4.69, 9.17) is 17.0 Å². The molecule has 1 heterocycles. The first-order valence-corrected chi connectivity index (χ1v) is 11.6. The number of hydrogen-bond acceptors (Lipinski definition) is 4. The number of anilines is 2. The van der Waals surface area contributed by atoms with Crippen LogP contribution in [-0.4, -0.2) is 41.5 Å². The molecule has 0 aromatic heterocycles. The maximum absolute atomic E-state index is 13.5. The monoisotopic (exact) mass is 473 g/mol. The lowest BCUT2D eigenvalue weighted by Gasteiger charge is -2.30. The molecule has 0 bridgehead atoms. The zero-order chi connectivity index (χ0) is 24.1. The minimum Gasteiger partial charge on any atom is -0.495 e. The Labute approximate surface area is 205 Å². The standard InChI is InChI=1S/C27H27N3O3S/c1-19-12-14-21(15-13-19)30-25(31)18-23(26(30)32)29(17-16-20-8-4-3-5-9-20)27(34)28-22-10-6-7-11-24(22)33-2/h3-15,23H,16-18H2,1-2H3,(H,28,34)/t23-/m1/s1. The van der Waals surface area contributed by atoms with Crippen LogP contribution in [0.25, 0.3) is 0 Å². The highest BCUT2D eigenvalue weighted by Gasteiger charge is 2.43. The largest absolute Gasteiger partial charge is 0.495 e. The van der Waals surface area contributed by atoms with E-state index in [1.807, 2.05) is 78.6 Å². The molecule has 0 unspecified atom stereocenters. The normalized spacial score (nSPS) is 15.4. The number of nitrogens with zero attached hydrogens (tertiary/aromatic N) is 2. The predicted molar refractivity (Wildman–Crippen MR) is 138 cm³/mol. The molecule has 1 saturated heterocycles. The Morgan fingerprint density at radius 3 is 2.41 bits per heavy atom. The summed E-state index contributed by atoms with van der Waals surface area (Å²) in [7, 11) is 1.59. The van der Waals surface area contributed by atoms with E-state index in [2.05, 4.69) is 5.32 Å². The van der Waals surface area contributed by atoms with Gasteiger partial charge in [0.05, 0.1) is 24.9 Å². The van der Waals surface area contributed by atoms with E-state index in [0.717, 1.165) is 11.1 Å². The molecule has 1 aliphatic heterocycles. The third-order valence-corrected chi connectivity index (χ3v) is 6.22. The molecule has 4 rings (SSSR count). The van der Waals surface area contributed by atoms with E-state index in [1.165, 1.54) is 4.90 Å². The van der Waals surface area contributed by atoms with Gasteiger partial charge in [0.2, 0.25) is 5.91 Å². The molecule has 0 radical (unpaired) electrons. The molecule has 0 spiro atoms. The minimum absolute atomic E-state index is 0.0647. The predicted octanol–water partition coefficient (Wildman–Crippen LogP) is 4.58. The third-order valence-electron chi connectivity index (χ3n) is 5.88. The Bertz CT molecular complexity index is 1180. The summed E-state index contributed by atoms with van der Waals surface area (Å²) in [6.07, 6.45) is 0.742. The second-order valence-electron chi connectivity index (χ2n) is 8.18. The van der Waals surface area contributed by atoms with Crippen molar-refractivity contribution in [2.75, 3.05) is 23.9 Å². The van der Waals surface area contributed by atoms with Crippen molar-refractivity contribution in [2.45, 2.75) is 25.8 Å². The number of imide groups is 1. The molecule has 1 atom stereocenters. The van der Waals surface area contributed by atoms with Gasteiger partial charge in [0, 0.05) is 6.54 Å².